The fourth-order valence-electron chi connectivity index (χ4n) is 2.38. The summed E-state index contributed by atoms with van der Waals surface area (Å²) in [5.41, 5.74) is 1.76. The Hall–Kier alpha value is -1.75. The van der Waals surface area contributed by atoms with E-state index in [2.05, 4.69) is 10.3 Å². The molecule has 1 aliphatic rings. The van der Waals surface area contributed by atoms with E-state index < -0.39 is 0 Å². The molecule has 6 heteroatoms. The Balaban J connectivity index is 1.94. The molecule has 1 N–H and O–H groups in total. The molecular weight excluding hydrogens is 290 g/mol. The van der Waals surface area contributed by atoms with Crippen molar-refractivity contribution in [1.29, 1.82) is 0 Å². The number of hydrogen-bond donors (Lipinski definition) is 1. The van der Waals surface area contributed by atoms with E-state index in [1.807, 2.05) is 22.8 Å². The maximum atomic E-state index is 12.1. The summed E-state index contributed by atoms with van der Waals surface area (Å²) in [5, 5.41) is 3.00. The van der Waals surface area contributed by atoms with E-state index in [0.717, 1.165) is 35.4 Å². The van der Waals surface area contributed by atoms with Gasteiger partial charge in [-0.1, -0.05) is 0 Å². The number of rotatable bonds is 6. The first-order valence-electron chi connectivity index (χ1n) is 7.09. The predicted molar refractivity (Wildman–Crippen MR) is 81.9 cm³/mol. The third-order valence-corrected chi connectivity index (χ3v) is 3.79. The highest BCUT2D eigenvalue weighted by Crippen LogP contribution is 2.23. The van der Waals surface area contributed by atoms with E-state index >= 15 is 0 Å². The van der Waals surface area contributed by atoms with E-state index in [1.165, 1.54) is 0 Å². The van der Waals surface area contributed by atoms with Gasteiger partial charge in [0, 0.05) is 24.4 Å². The lowest BCUT2D eigenvalue weighted by molar-refractivity contribution is -0.121. The van der Waals surface area contributed by atoms with Crippen molar-refractivity contribution in [2.45, 2.75) is 31.8 Å². The van der Waals surface area contributed by atoms with Gasteiger partial charge in [0.2, 0.25) is 5.91 Å². The van der Waals surface area contributed by atoms with E-state index in [1.54, 1.807) is 7.11 Å². The smallest absolute Gasteiger partial charge is 0.240 e. The predicted octanol–water partition coefficient (Wildman–Crippen LogP) is 2.10. The molecule has 3 rings (SSSR count). The topological polar surface area (TPSA) is 56.2 Å². The highest BCUT2D eigenvalue weighted by molar-refractivity contribution is 6.17. The number of imidazole rings is 1. The number of carbonyl (C=O) groups is 1. The Morgan fingerprint density at radius 2 is 2.33 bits per heavy atom. The van der Waals surface area contributed by atoms with Crippen LogP contribution in [0.25, 0.3) is 11.0 Å². The molecule has 0 unspecified atom stereocenters. The Kier molecular flexibility index (Phi) is 4.01. The second-order valence-electron chi connectivity index (χ2n) is 5.25. The molecule has 2 aromatic rings. The van der Waals surface area contributed by atoms with Gasteiger partial charge < -0.3 is 14.6 Å². The molecule has 1 saturated carbocycles. The standard InChI is InChI=1S/C15H18ClN3O2/c1-21-11-4-5-12-13(8-11)19(14(18-12)6-7-16)9-15(20)17-10-2-3-10/h4-5,8,10H,2-3,6-7,9H2,1H3,(H,17,20). The first kappa shape index (κ1) is 14.2. The lowest BCUT2D eigenvalue weighted by atomic mass is 10.3. The van der Waals surface area contributed by atoms with Crippen LogP contribution in [0.3, 0.4) is 0 Å². The number of benzene rings is 1. The summed E-state index contributed by atoms with van der Waals surface area (Å²) in [5.74, 6) is 2.09. The summed E-state index contributed by atoms with van der Waals surface area (Å²) in [7, 11) is 1.63. The molecule has 0 aliphatic heterocycles. The zero-order valence-corrected chi connectivity index (χ0v) is 12.7. The van der Waals surface area contributed by atoms with Gasteiger partial charge in [0.05, 0.1) is 18.1 Å². The Labute approximate surface area is 128 Å². The molecule has 112 valence electrons. The van der Waals surface area contributed by atoms with Crippen molar-refractivity contribution in [2.75, 3.05) is 13.0 Å². The summed E-state index contributed by atoms with van der Waals surface area (Å²) < 4.78 is 7.19. The van der Waals surface area contributed by atoms with Crippen molar-refractivity contribution in [2.24, 2.45) is 0 Å². The van der Waals surface area contributed by atoms with Crippen molar-refractivity contribution in [3.63, 3.8) is 0 Å². The highest BCUT2D eigenvalue weighted by atomic mass is 35.5. The molecule has 0 saturated heterocycles. The van der Waals surface area contributed by atoms with Crippen LogP contribution in [0.5, 0.6) is 5.75 Å². The number of hydrogen-bond acceptors (Lipinski definition) is 3. The fraction of sp³-hybridized carbons (Fsp3) is 0.467. The molecule has 1 aromatic heterocycles. The molecule has 21 heavy (non-hydrogen) atoms. The zero-order chi connectivity index (χ0) is 14.8. The largest absolute Gasteiger partial charge is 0.497 e. The summed E-state index contributed by atoms with van der Waals surface area (Å²) in [6, 6.07) is 6.04. The number of nitrogens with zero attached hydrogens (tertiary/aromatic N) is 2. The molecule has 0 bridgehead atoms. The minimum absolute atomic E-state index is 0.0236. The number of nitrogens with one attached hydrogen (secondary N) is 1. The van der Waals surface area contributed by atoms with Crippen LogP contribution in [0.4, 0.5) is 0 Å². The van der Waals surface area contributed by atoms with Gasteiger partial charge in [-0.3, -0.25) is 4.79 Å². The van der Waals surface area contributed by atoms with Gasteiger partial charge in [-0.2, -0.15) is 0 Å². The zero-order valence-electron chi connectivity index (χ0n) is 11.9. The lowest BCUT2D eigenvalue weighted by Crippen LogP contribution is -2.29. The average Bonchev–Trinajstić information content (AvgIpc) is 3.22. The number of methoxy groups -OCH3 is 1. The lowest BCUT2D eigenvalue weighted by Gasteiger charge is -2.09. The van der Waals surface area contributed by atoms with E-state index in [4.69, 9.17) is 16.3 Å². The number of alkyl halides is 1. The molecule has 0 radical (unpaired) electrons. The SMILES string of the molecule is COc1ccc2nc(CCCl)n(CC(=O)NC3CC3)c2c1. The van der Waals surface area contributed by atoms with E-state index in [9.17, 15) is 4.79 Å². The van der Waals surface area contributed by atoms with Crippen molar-refractivity contribution < 1.29 is 9.53 Å². The van der Waals surface area contributed by atoms with Crippen LogP contribution in [0, 0.1) is 0 Å². The minimum Gasteiger partial charge on any atom is -0.497 e. The number of amides is 1. The van der Waals surface area contributed by atoms with E-state index in [0.29, 0.717) is 18.3 Å². The number of fused-ring (bicyclic) bond motifs is 1. The Bertz CT molecular complexity index is 664. The molecule has 1 heterocycles. The fourth-order valence-corrected chi connectivity index (χ4v) is 2.54. The highest BCUT2D eigenvalue weighted by Gasteiger charge is 2.24. The van der Waals surface area contributed by atoms with Crippen molar-refractivity contribution in [1.82, 2.24) is 14.9 Å². The third-order valence-electron chi connectivity index (χ3n) is 3.60. The van der Waals surface area contributed by atoms with Crippen molar-refractivity contribution in [3.8, 4) is 5.75 Å². The summed E-state index contributed by atoms with van der Waals surface area (Å²) in [6.07, 6.45) is 2.80. The quantitative estimate of drug-likeness (QED) is 0.832. The summed E-state index contributed by atoms with van der Waals surface area (Å²) >= 11 is 5.85. The van der Waals surface area contributed by atoms with Gasteiger partial charge >= 0.3 is 0 Å². The minimum atomic E-state index is 0.0236. The van der Waals surface area contributed by atoms with Crippen LogP contribution in [0.15, 0.2) is 18.2 Å². The number of aryl methyl sites for hydroxylation is 1. The maximum Gasteiger partial charge on any atom is 0.240 e. The van der Waals surface area contributed by atoms with Gasteiger partial charge in [0.15, 0.2) is 0 Å². The molecule has 0 spiro atoms. The summed E-state index contributed by atoms with van der Waals surface area (Å²) in [6.45, 7) is 0.270. The molecule has 1 fully saturated rings. The van der Waals surface area contributed by atoms with E-state index in [-0.39, 0.29) is 12.5 Å². The first-order valence-corrected chi connectivity index (χ1v) is 7.63. The van der Waals surface area contributed by atoms with Crippen LogP contribution < -0.4 is 10.1 Å². The third kappa shape index (κ3) is 3.13. The number of ether oxygens (including phenoxy) is 1. The number of carbonyl (C=O) groups excluding carboxylic acids is 1. The first-order chi connectivity index (χ1) is 10.2. The molecule has 1 aliphatic carbocycles. The van der Waals surface area contributed by atoms with Crippen LogP contribution in [0.1, 0.15) is 18.7 Å². The Morgan fingerprint density at radius 1 is 1.52 bits per heavy atom. The van der Waals surface area contributed by atoms with Gasteiger partial charge in [0.25, 0.3) is 0 Å². The molecule has 0 atom stereocenters. The van der Waals surface area contributed by atoms with Gasteiger partial charge in [-0.15, -0.1) is 11.6 Å². The van der Waals surface area contributed by atoms with Gasteiger partial charge in [-0.05, 0) is 25.0 Å². The van der Waals surface area contributed by atoms with Crippen molar-refractivity contribution >= 4 is 28.5 Å². The molecule has 5 nitrogen and oxygen atoms in total. The molecule has 1 aromatic carbocycles. The van der Waals surface area contributed by atoms with Crippen LogP contribution >= 0.6 is 11.6 Å². The van der Waals surface area contributed by atoms with Crippen LogP contribution in [-0.4, -0.2) is 34.5 Å². The normalized spacial score (nSPS) is 14.4. The number of aromatic nitrogens is 2. The van der Waals surface area contributed by atoms with Gasteiger partial charge in [-0.25, -0.2) is 4.98 Å². The summed E-state index contributed by atoms with van der Waals surface area (Å²) in [4.78, 5) is 16.7. The van der Waals surface area contributed by atoms with Gasteiger partial charge in [0.1, 0.15) is 18.1 Å². The number of halogens is 1. The Morgan fingerprint density at radius 3 is 3.00 bits per heavy atom. The second-order valence-corrected chi connectivity index (χ2v) is 5.63. The van der Waals surface area contributed by atoms with Crippen LogP contribution in [0.2, 0.25) is 0 Å². The average molecular weight is 308 g/mol. The molecule has 1 amide bonds. The second kappa shape index (κ2) is 5.93. The van der Waals surface area contributed by atoms with Crippen LogP contribution in [-0.2, 0) is 17.8 Å². The van der Waals surface area contributed by atoms with Crippen molar-refractivity contribution in [3.05, 3.63) is 24.0 Å². The maximum absolute atomic E-state index is 12.1. The monoisotopic (exact) mass is 307 g/mol. The molecular formula is C15H18ClN3O2.